The molecule has 1 aliphatic rings. The number of tetrazole rings is 1. The van der Waals surface area contributed by atoms with Gasteiger partial charge in [-0.15, -0.1) is 5.10 Å². The van der Waals surface area contributed by atoms with Gasteiger partial charge in [-0.25, -0.2) is 0 Å². The molecule has 0 aliphatic heterocycles. The van der Waals surface area contributed by atoms with Gasteiger partial charge in [-0.1, -0.05) is 36.9 Å². The third-order valence-electron chi connectivity index (χ3n) is 3.59. The van der Waals surface area contributed by atoms with Crippen LogP contribution in [0.1, 0.15) is 26.2 Å². The summed E-state index contributed by atoms with van der Waals surface area (Å²) in [6.07, 6.45) is 3.67. The number of rotatable bonds is 5. The summed E-state index contributed by atoms with van der Waals surface area (Å²) in [5, 5.41) is 17.1. The Hall–Kier alpha value is -1.40. The third-order valence-corrected chi connectivity index (χ3v) is 4.82. The molecule has 1 aromatic heterocycles. The van der Waals surface area contributed by atoms with Crippen molar-refractivity contribution in [2.75, 3.05) is 6.54 Å². The van der Waals surface area contributed by atoms with Crippen LogP contribution < -0.4 is 5.32 Å². The zero-order valence-electron chi connectivity index (χ0n) is 11.6. The van der Waals surface area contributed by atoms with Crippen LogP contribution in [0.15, 0.2) is 35.5 Å². The first-order valence-corrected chi connectivity index (χ1v) is 7.98. The van der Waals surface area contributed by atoms with Crippen molar-refractivity contribution in [1.82, 2.24) is 25.5 Å². The van der Waals surface area contributed by atoms with Crippen molar-refractivity contribution >= 4 is 11.8 Å². The number of nitrogens with one attached hydrogen (secondary N) is 1. The highest BCUT2D eigenvalue weighted by molar-refractivity contribution is 7.99. The van der Waals surface area contributed by atoms with E-state index in [9.17, 15) is 0 Å². The molecule has 1 heterocycles. The van der Waals surface area contributed by atoms with Crippen LogP contribution in [0, 0.1) is 0 Å². The van der Waals surface area contributed by atoms with E-state index in [2.05, 4.69) is 27.8 Å². The monoisotopic (exact) mass is 289 g/mol. The van der Waals surface area contributed by atoms with Crippen LogP contribution in [0.5, 0.6) is 0 Å². The van der Waals surface area contributed by atoms with Crippen LogP contribution in [0.25, 0.3) is 5.69 Å². The lowest BCUT2D eigenvalue weighted by Gasteiger charge is -2.11. The number of aromatic nitrogens is 4. The van der Waals surface area contributed by atoms with E-state index in [4.69, 9.17) is 0 Å². The van der Waals surface area contributed by atoms with E-state index in [-0.39, 0.29) is 0 Å². The second-order valence-electron chi connectivity index (χ2n) is 5.02. The van der Waals surface area contributed by atoms with Crippen LogP contribution in [0.4, 0.5) is 0 Å². The normalized spacial score (nSPS) is 22.2. The molecule has 2 atom stereocenters. The van der Waals surface area contributed by atoms with Gasteiger partial charge >= 0.3 is 0 Å². The molecule has 1 fully saturated rings. The maximum absolute atomic E-state index is 4.17. The number of hydrogen-bond acceptors (Lipinski definition) is 5. The van der Waals surface area contributed by atoms with Crippen LogP contribution in [0.2, 0.25) is 0 Å². The van der Waals surface area contributed by atoms with Crippen LogP contribution in [-0.2, 0) is 0 Å². The Morgan fingerprint density at radius 3 is 2.95 bits per heavy atom. The van der Waals surface area contributed by atoms with Crippen molar-refractivity contribution in [3.05, 3.63) is 30.3 Å². The van der Waals surface area contributed by atoms with Gasteiger partial charge in [0.15, 0.2) is 0 Å². The summed E-state index contributed by atoms with van der Waals surface area (Å²) < 4.78 is 1.82. The summed E-state index contributed by atoms with van der Waals surface area (Å²) in [4.78, 5) is 0. The van der Waals surface area contributed by atoms with Crippen molar-refractivity contribution in [3.8, 4) is 5.69 Å². The van der Waals surface area contributed by atoms with E-state index in [1.807, 2.05) is 35.0 Å². The molecule has 20 heavy (non-hydrogen) atoms. The molecule has 6 heteroatoms. The smallest absolute Gasteiger partial charge is 0.214 e. The van der Waals surface area contributed by atoms with Crippen LogP contribution >= 0.6 is 11.8 Å². The second kappa shape index (κ2) is 6.37. The van der Waals surface area contributed by atoms with Crippen molar-refractivity contribution < 1.29 is 0 Å². The SMILES string of the molecule is CCNC1CCC(Sc2nnnn2-c2ccccc2)C1. The molecule has 1 aromatic carbocycles. The van der Waals surface area contributed by atoms with E-state index in [0.29, 0.717) is 11.3 Å². The fraction of sp³-hybridized carbons (Fsp3) is 0.500. The van der Waals surface area contributed by atoms with Gasteiger partial charge in [-0.3, -0.25) is 0 Å². The highest BCUT2D eigenvalue weighted by atomic mass is 32.2. The molecule has 0 spiro atoms. The minimum atomic E-state index is 0.604. The molecule has 106 valence electrons. The van der Waals surface area contributed by atoms with E-state index in [1.165, 1.54) is 19.3 Å². The zero-order chi connectivity index (χ0) is 13.8. The molecule has 1 aliphatic carbocycles. The summed E-state index contributed by atoms with van der Waals surface area (Å²) in [7, 11) is 0. The molecular formula is C14H19N5S. The Kier molecular flexibility index (Phi) is 4.32. The largest absolute Gasteiger partial charge is 0.314 e. The van der Waals surface area contributed by atoms with Gasteiger partial charge in [0.05, 0.1) is 5.69 Å². The maximum Gasteiger partial charge on any atom is 0.214 e. The molecule has 5 nitrogen and oxygen atoms in total. The quantitative estimate of drug-likeness (QED) is 0.915. The molecule has 2 aromatic rings. The molecule has 3 rings (SSSR count). The number of thioether (sulfide) groups is 1. The predicted octanol–water partition coefficient (Wildman–Crippen LogP) is 2.29. The van der Waals surface area contributed by atoms with E-state index in [1.54, 1.807) is 11.8 Å². The summed E-state index contributed by atoms with van der Waals surface area (Å²) in [6.45, 7) is 3.21. The molecule has 0 bridgehead atoms. The molecule has 0 radical (unpaired) electrons. The Balaban J connectivity index is 1.69. The Bertz CT molecular complexity index is 542. The van der Waals surface area contributed by atoms with Gasteiger partial charge in [-0.05, 0) is 48.4 Å². The average molecular weight is 289 g/mol. The lowest BCUT2D eigenvalue weighted by Crippen LogP contribution is -2.26. The highest BCUT2D eigenvalue weighted by Gasteiger charge is 2.26. The lowest BCUT2D eigenvalue weighted by atomic mass is 10.2. The molecule has 0 amide bonds. The minimum Gasteiger partial charge on any atom is -0.314 e. The Labute approximate surface area is 123 Å². The van der Waals surface area contributed by atoms with Crippen LogP contribution in [-0.4, -0.2) is 38.0 Å². The van der Waals surface area contributed by atoms with E-state index >= 15 is 0 Å². The third kappa shape index (κ3) is 3.02. The molecule has 2 unspecified atom stereocenters. The lowest BCUT2D eigenvalue weighted by molar-refractivity contribution is 0.543. The Morgan fingerprint density at radius 1 is 1.30 bits per heavy atom. The number of para-hydroxylation sites is 1. The summed E-state index contributed by atoms with van der Waals surface area (Å²) >= 11 is 1.80. The maximum atomic E-state index is 4.17. The highest BCUT2D eigenvalue weighted by Crippen LogP contribution is 2.34. The van der Waals surface area contributed by atoms with Crippen molar-refractivity contribution in [1.29, 1.82) is 0 Å². The summed E-state index contributed by atoms with van der Waals surface area (Å²) in [5.41, 5.74) is 1.02. The summed E-state index contributed by atoms with van der Waals surface area (Å²) in [6, 6.07) is 10.7. The first-order valence-electron chi connectivity index (χ1n) is 7.10. The van der Waals surface area contributed by atoms with Gasteiger partial charge in [-0.2, -0.15) is 4.68 Å². The Morgan fingerprint density at radius 2 is 2.15 bits per heavy atom. The fourth-order valence-electron chi connectivity index (χ4n) is 2.65. The average Bonchev–Trinajstić information content (AvgIpc) is 3.10. The van der Waals surface area contributed by atoms with Gasteiger partial charge in [0.1, 0.15) is 0 Å². The van der Waals surface area contributed by atoms with E-state index in [0.717, 1.165) is 17.4 Å². The fourth-order valence-corrected chi connectivity index (χ4v) is 3.86. The molecule has 1 N–H and O–H groups in total. The van der Waals surface area contributed by atoms with E-state index < -0.39 is 0 Å². The molecule has 1 saturated carbocycles. The zero-order valence-corrected chi connectivity index (χ0v) is 12.4. The van der Waals surface area contributed by atoms with Crippen molar-refractivity contribution in [2.24, 2.45) is 0 Å². The van der Waals surface area contributed by atoms with Crippen molar-refractivity contribution in [3.63, 3.8) is 0 Å². The second-order valence-corrected chi connectivity index (χ2v) is 6.28. The van der Waals surface area contributed by atoms with Gasteiger partial charge in [0.2, 0.25) is 5.16 Å². The molecule has 0 saturated heterocycles. The standard InChI is InChI=1S/C14H19N5S/c1-2-15-11-8-9-13(10-11)20-14-16-17-18-19(14)12-6-4-3-5-7-12/h3-7,11,13,15H,2,8-10H2,1H3. The first kappa shape index (κ1) is 13.6. The van der Waals surface area contributed by atoms with Gasteiger partial charge in [0.25, 0.3) is 0 Å². The van der Waals surface area contributed by atoms with Gasteiger partial charge < -0.3 is 5.32 Å². The predicted molar refractivity (Wildman–Crippen MR) is 80.1 cm³/mol. The minimum absolute atomic E-state index is 0.604. The topological polar surface area (TPSA) is 55.6 Å². The molecular weight excluding hydrogens is 270 g/mol. The van der Waals surface area contributed by atoms with Gasteiger partial charge in [0, 0.05) is 11.3 Å². The summed E-state index contributed by atoms with van der Waals surface area (Å²) in [5.74, 6) is 0. The van der Waals surface area contributed by atoms with Crippen molar-refractivity contribution in [2.45, 2.75) is 42.6 Å². The van der Waals surface area contributed by atoms with Crippen LogP contribution in [0.3, 0.4) is 0 Å². The first-order chi connectivity index (χ1) is 9.86. The number of benzene rings is 1. The number of nitrogens with zero attached hydrogens (tertiary/aromatic N) is 4. The number of hydrogen-bond donors (Lipinski definition) is 1.